The van der Waals surface area contributed by atoms with Gasteiger partial charge in [0, 0.05) is 0 Å². The van der Waals surface area contributed by atoms with Crippen LogP contribution in [0.4, 0.5) is 4.79 Å². The number of carbonyl (C=O) groups is 2. The Bertz CT molecular complexity index is 606. The van der Waals surface area contributed by atoms with Gasteiger partial charge < -0.3 is 10.2 Å². The van der Waals surface area contributed by atoms with Crippen molar-refractivity contribution in [3.8, 4) is 0 Å². The molecule has 130 valence electrons. The molecule has 0 bridgehead atoms. The molecule has 1 atom stereocenters. The standard InChI is InChI=1S/C19H27N3O2/c1-14-4-6-15(7-5-14)16-8-12-22(13-9-16)11-3-10-19(2)17(23)20-18(24)21-19/h4-7,16H,3,8-13H2,1-2H3,(H2,20,21,23,24). The summed E-state index contributed by atoms with van der Waals surface area (Å²) in [4.78, 5) is 25.6. The lowest BCUT2D eigenvalue weighted by molar-refractivity contribution is -0.123. The first kappa shape index (κ1) is 17.0. The van der Waals surface area contributed by atoms with Crippen molar-refractivity contribution in [2.75, 3.05) is 19.6 Å². The van der Waals surface area contributed by atoms with Crippen molar-refractivity contribution in [1.29, 1.82) is 0 Å². The minimum atomic E-state index is -0.739. The predicted molar refractivity (Wildman–Crippen MR) is 93.9 cm³/mol. The van der Waals surface area contributed by atoms with Crippen molar-refractivity contribution < 1.29 is 9.59 Å². The second-order valence-electron chi connectivity index (χ2n) is 7.37. The van der Waals surface area contributed by atoms with Crippen molar-refractivity contribution in [3.63, 3.8) is 0 Å². The predicted octanol–water partition coefficient (Wildman–Crippen LogP) is 2.55. The lowest BCUT2D eigenvalue weighted by Crippen LogP contribution is -2.44. The fourth-order valence-electron chi connectivity index (χ4n) is 3.74. The Kier molecular flexibility index (Phi) is 4.90. The Morgan fingerprint density at radius 1 is 1.17 bits per heavy atom. The van der Waals surface area contributed by atoms with Gasteiger partial charge in [-0.2, -0.15) is 0 Å². The van der Waals surface area contributed by atoms with E-state index >= 15 is 0 Å². The number of likely N-dealkylation sites (tertiary alicyclic amines) is 1. The number of amides is 3. The Balaban J connectivity index is 1.42. The highest BCUT2D eigenvalue weighted by molar-refractivity contribution is 6.06. The van der Waals surface area contributed by atoms with Crippen LogP contribution in [0.2, 0.25) is 0 Å². The monoisotopic (exact) mass is 329 g/mol. The van der Waals surface area contributed by atoms with Gasteiger partial charge in [-0.05, 0) is 70.6 Å². The van der Waals surface area contributed by atoms with Crippen LogP contribution in [-0.2, 0) is 4.79 Å². The van der Waals surface area contributed by atoms with Crippen molar-refractivity contribution in [3.05, 3.63) is 35.4 Å². The topological polar surface area (TPSA) is 61.4 Å². The molecule has 0 aromatic heterocycles. The summed E-state index contributed by atoms with van der Waals surface area (Å²) < 4.78 is 0. The molecule has 1 aromatic rings. The fourth-order valence-corrected chi connectivity index (χ4v) is 3.74. The SMILES string of the molecule is Cc1ccc(C2CCN(CCCC3(C)NC(=O)NC3=O)CC2)cc1. The van der Waals surface area contributed by atoms with E-state index in [9.17, 15) is 9.59 Å². The number of piperidine rings is 1. The van der Waals surface area contributed by atoms with Crippen LogP contribution in [0.3, 0.4) is 0 Å². The molecule has 0 saturated carbocycles. The number of aryl methyl sites for hydroxylation is 1. The molecule has 2 heterocycles. The maximum absolute atomic E-state index is 11.8. The molecule has 2 aliphatic rings. The van der Waals surface area contributed by atoms with Crippen LogP contribution in [0.15, 0.2) is 24.3 Å². The second-order valence-corrected chi connectivity index (χ2v) is 7.37. The summed E-state index contributed by atoms with van der Waals surface area (Å²) in [5.41, 5.74) is 2.03. The van der Waals surface area contributed by atoms with E-state index in [1.54, 1.807) is 6.92 Å². The Morgan fingerprint density at radius 2 is 1.83 bits per heavy atom. The van der Waals surface area contributed by atoms with Gasteiger partial charge in [0.25, 0.3) is 5.91 Å². The number of carbonyl (C=O) groups excluding carboxylic acids is 2. The Morgan fingerprint density at radius 3 is 2.42 bits per heavy atom. The normalized spacial score (nSPS) is 25.6. The highest BCUT2D eigenvalue weighted by atomic mass is 16.2. The molecule has 3 rings (SSSR count). The Hall–Kier alpha value is -1.88. The van der Waals surface area contributed by atoms with Crippen molar-refractivity contribution >= 4 is 11.9 Å². The van der Waals surface area contributed by atoms with Crippen LogP contribution < -0.4 is 10.6 Å². The molecule has 2 saturated heterocycles. The van der Waals surface area contributed by atoms with Gasteiger partial charge in [0.1, 0.15) is 5.54 Å². The average molecular weight is 329 g/mol. The summed E-state index contributed by atoms with van der Waals surface area (Å²) in [6, 6.07) is 8.55. The smallest absolute Gasteiger partial charge is 0.322 e. The summed E-state index contributed by atoms with van der Waals surface area (Å²) >= 11 is 0. The number of hydrogen-bond donors (Lipinski definition) is 2. The number of nitrogens with zero attached hydrogens (tertiary/aromatic N) is 1. The maximum atomic E-state index is 11.8. The minimum absolute atomic E-state index is 0.203. The molecule has 0 radical (unpaired) electrons. The second kappa shape index (κ2) is 6.93. The lowest BCUT2D eigenvalue weighted by atomic mass is 9.89. The summed E-state index contributed by atoms with van der Waals surface area (Å²) in [6.07, 6.45) is 3.98. The molecule has 2 aliphatic heterocycles. The van der Waals surface area contributed by atoms with Gasteiger partial charge in [-0.3, -0.25) is 10.1 Å². The zero-order chi connectivity index (χ0) is 17.2. The number of nitrogens with one attached hydrogen (secondary N) is 2. The van der Waals surface area contributed by atoms with Gasteiger partial charge in [0.2, 0.25) is 0 Å². The third-order valence-corrected chi connectivity index (χ3v) is 5.41. The average Bonchev–Trinajstić information content (AvgIpc) is 2.81. The summed E-state index contributed by atoms with van der Waals surface area (Å²) in [6.45, 7) is 7.12. The fraction of sp³-hybridized carbons (Fsp3) is 0.579. The van der Waals surface area contributed by atoms with E-state index in [-0.39, 0.29) is 11.9 Å². The summed E-state index contributed by atoms with van der Waals surface area (Å²) in [5, 5.41) is 5.05. The number of imide groups is 1. The molecule has 5 nitrogen and oxygen atoms in total. The van der Waals surface area contributed by atoms with Crippen molar-refractivity contribution in [2.45, 2.75) is 51.0 Å². The highest BCUT2D eigenvalue weighted by Crippen LogP contribution is 2.28. The minimum Gasteiger partial charge on any atom is -0.324 e. The van der Waals surface area contributed by atoms with Crippen LogP contribution >= 0.6 is 0 Å². The van der Waals surface area contributed by atoms with Crippen LogP contribution in [-0.4, -0.2) is 42.0 Å². The summed E-state index contributed by atoms with van der Waals surface area (Å²) in [5.74, 6) is 0.463. The van der Waals surface area contributed by atoms with E-state index in [0.29, 0.717) is 12.3 Å². The number of benzene rings is 1. The molecule has 2 N–H and O–H groups in total. The van der Waals surface area contributed by atoms with Gasteiger partial charge in [0.05, 0.1) is 0 Å². The van der Waals surface area contributed by atoms with E-state index in [1.807, 2.05) is 0 Å². The van der Waals surface area contributed by atoms with Crippen LogP contribution in [0, 0.1) is 6.92 Å². The van der Waals surface area contributed by atoms with Gasteiger partial charge in [-0.25, -0.2) is 4.79 Å². The van der Waals surface area contributed by atoms with E-state index in [0.717, 1.165) is 26.1 Å². The first-order valence-electron chi connectivity index (χ1n) is 8.89. The molecule has 3 amide bonds. The van der Waals surface area contributed by atoms with E-state index in [1.165, 1.54) is 24.0 Å². The van der Waals surface area contributed by atoms with E-state index in [2.05, 4.69) is 46.7 Å². The van der Waals surface area contributed by atoms with Gasteiger partial charge >= 0.3 is 6.03 Å². The van der Waals surface area contributed by atoms with Crippen LogP contribution in [0.25, 0.3) is 0 Å². The quantitative estimate of drug-likeness (QED) is 0.816. The Labute approximate surface area is 143 Å². The first-order valence-corrected chi connectivity index (χ1v) is 8.89. The lowest BCUT2D eigenvalue weighted by Gasteiger charge is -2.33. The third-order valence-electron chi connectivity index (χ3n) is 5.41. The largest absolute Gasteiger partial charge is 0.324 e. The maximum Gasteiger partial charge on any atom is 0.322 e. The zero-order valence-corrected chi connectivity index (χ0v) is 14.6. The number of hydrogen-bond acceptors (Lipinski definition) is 3. The van der Waals surface area contributed by atoms with Crippen LogP contribution in [0.5, 0.6) is 0 Å². The molecular formula is C19H27N3O2. The molecule has 2 fully saturated rings. The highest BCUT2D eigenvalue weighted by Gasteiger charge is 2.41. The van der Waals surface area contributed by atoms with E-state index in [4.69, 9.17) is 0 Å². The van der Waals surface area contributed by atoms with Crippen molar-refractivity contribution in [1.82, 2.24) is 15.5 Å². The first-order chi connectivity index (χ1) is 11.5. The van der Waals surface area contributed by atoms with Gasteiger partial charge in [-0.1, -0.05) is 29.8 Å². The zero-order valence-electron chi connectivity index (χ0n) is 14.6. The number of rotatable bonds is 5. The third kappa shape index (κ3) is 3.78. The molecule has 1 aromatic carbocycles. The molecule has 24 heavy (non-hydrogen) atoms. The van der Waals surface area contributed by atoms with Crippen molar-refractivity contribution in [2.24, 2.45) is 0 Å². The molecule has 1 unspecified atom stereocenters. The summed E-state index contributed by atoms with van der Waals surface area (Å²) in [7, 11) is 0. The molecule has 5 heteroatoms. The van der Waals surface area contributed by atoms with Gasteiger partial charge in [0.15, 0.2) is 0 Å². The number of urea groups is 1. The molecular weight excluding hydrogens is 302 g/mol. The molecule has 0 spiro atoms. The van der Waals surface area contributed by atoms with E-state index < -0.39 is 5.54 Å². The molecule has 0 aliphatic carbocycles. The van der Waals surface area contributed by atoms with Gasteiger partial charge in [-0.15, -0.1) is 0 Å². The van der Waals surface area contributed by atoms with Crippen LogP contribution in [0.1, 0.15) is 49.7 Å².